The molecule has 2 aromatic carbocycles. The maximum atomic E-state index is 13.8. The van der Waals surface area contributed by atoms with Crippen molar-refractivity contribution in [1.29, 1.82) is 0 Å². The number of nitrogens with zero attached hydrogens (tertiary/aromatic N) is 5. The van der Waals surface area contributed by atoms with E-state index in [1.54, 1.807) is 12.1 Å². The number of para-hydroxylation sites is 1. The highest BCUT2D eigenvalue weighted by atomic mass is 16.5. The second-order valence-electron chi connectivity index (χ2n) is 8.37. The largest absolute Gasteiger partial charge is 0.467 e. The molecule has 2 amide bonds. The number of aryl methyl sites for hydroxylation is 1. The minimum atomic E-state index is -1.03. The van der Waals surface area contributed by atoms with Crippen molar-refractivity contribution in [3.05, 3.63) is 71.5 Å². The number of esters is 1. The molecular formula is C25H28N6O6. The molecule has 194 valence electrons. The smallest absolute Gasteiger partial charge is 0.408 e. The molecule has 1 aliphatic heterocycles. The molecule has 1 aromatic heterocycles. The minimum absolute atomic E-state index is 0.0395. The fraction of sp³-hybridized carbons (Fsp3) is 0.360. The van der Waals surface area contributed by atoms with Crippen LogP contribution in [0.2, 0.25) is 0 Å². The molecule has 12 nitrogen and oxygen atoms in total. The molecule has 12 heteroatoms. The number of amides is 2. The van der Waals surface area contributed by atoms with Crippen LogP contribution in [0.25, 0.3) is 0 Å². The lowest BCUT2D eigenvalue weighted by molar-refractivity contribution is -0.143. The van der Waals surface area contributed by atoms with Gasteiger partial charge < -0.3 is 19.5 Å². The summed E-state index contributed by atoms with van der Waals surface area (Å²) >= 11 is 0. The van der Waals surface area contributed by atoms with Crippen molar-refractivity contribution in [3.63, 3.8) is 0 Å². The Labute approximate surface area is 213 Å². The molecule has 1 N–H and O–H groups in total. The van der Waals surface area contributed by atoms with Crippen LogP contribution in [0.15, 0.2) is 54.6 Å². The third kappa shape index (κ3) is 6.28. The van der Waals surface area contributed by atoms with Crippen molar-refractivity contribution in [2.75, 3.05) is 19.1 Å². The molecule has 0 aliphatic carbocycles. The number of carbonyl (C=O) groups excluding carboxylic acids is 3. The van der Waals surface area contributed by atoms with E-state index in [1.165, 1.54) is 23.9 Å². The van der Waals surface area contributed by atoms with Gasteiger partial charge in [0.25, 0.3) is 5.91 Å². The molecule has 0 unspecified atom stereocenters. The van der Waals surface area contributed by atoms with Gasteiger partial charge in [-0.2, -0.15) is 0 Å². The zero-order valence-electron chi connectivity index (χ0n) is 20.6. The van der Waals surface area contributed by atoms with E-state index >= 15 is 0 Å². The molecule has 1 aliphatic rings. The number of rotatable bonds is 10. The first-order valence-corrected chi connectivity index (χ1v) is 11.7. The van der Waals surface area contributed by atoms with Gasteiger partial charge in [-0.15, -0.1) is 15.0 Å². The van der Waals surface area contributed by atoms with E-state index in [4.69, 9.17) is 14.2 Å². The molecule has 0 saturated heterocycles. The van der Waals surface area contributed by atoms with Gasteiger partial charge in [0.1, 0.15) is 18.7 Å². The van der Waals surface area contributed by atoms with Crippen LogP contribution in [0, 0.1) is 0 Å². The number of methoxy groups -OCH3 is 2. The van der Waals surface area contributed by atoms with E-state index in [0.29, 0.717) is 17.9 Å². The predicted octanol–water partition coefficient (Wildman–Crippen LogP) is 1.64. The number of alkyl carbamates (subject to hydrolysis) is 1. The maximum Gasteiger partial charge on any atom is 0.408 e. The van der Waals surface area contributed by atoms with Crippen molar-refractivity contribution in [1.82, 2.24) is 25.5 Å². The molecule has 2 heterocycles. The third-order valence-electron chi connectivity index (χ3n) is 5.89. The summed E-state index contributed by atoms with van der Waals surface area (Å²) in [4.78, 5) is 41.8. The molecule has 0 spiro atoms. The van der Waals surface area contributed by atoms with E-state index in [-0.39, 0.29) is 26.2 Å². The zero-order valence-corrected chi connectivity index (χ0v) is 20.6. The highest BCUT2D eigenvalue weighted by Crippen LogP contribution is 2.33. The number of fused-ring (bicyclic) bond motifs is 1. The predicted molar refractivity (Wildman–Crippen MR) is 130 cm³/mol. The van der Waals surface area contributed by atoms with Crippen LogP contribution in [0.3, 0.4) is 0 Å². The second-order valence-corrected chi connectivity index (χ2v) is 8.37. The number of hydrogen-bond acceptors (Lipinski definition) is 9. The van der Waals surface area contributed by atoms with Gasteiger partial charge in [-0.1, -0.05) is 48.5 Å². The van der Waals surface area contributed by atoms with Crippen LogP contribution in [-0.4, -0.2) is 64.5 Å². The van der Waals surface area contributed by atoms with Crippen LogP contribution in [0.5, 0.6) is 0 Å². The summed E-state index contributed by atoms with van der Waals surface area (Å²) in [5, 5.41) is 14.7. The fourth-order valence-electron chi connectivity index (χ4n) is 4.14. The quantitative estimate of drug-likeness (QED) is 0.405. The van der Waals surface area contributed by atoms with E-state index in [9.17, 15) is 14.4 Å². The van der Waals surface area contributed by atoms with Crippen LogP contribution in [0.1, 0.15) is 23.4 Å². The first-order valence-electron chi connectivity index (χ1n) is 11.7. The van der Waals surface area contributed by atoms with Gasteiger partial charge in [-0.3, -0.25) is 9.69 Å². The number of nitrogens with one attached hydrogen (secondary N) is 1. The normalized spacial score (nSPS) is 15.1. The standard InChI is InChI=1S/C25H28N6O6/c1-35-16-30-28-22(27-29-30)13-12-19(26-25(34)37-15-17-8-4-3-5-9-17)23(32)31-20-11-7-6-10-18(20)14-21(31)24(33)36-2/h3-11,19,21H,12-16H2,1-2H3,(H,26,34)/t19-,21-/m0/s1. The van der Waals surface area contributed by atoms with Gasteiger partial charge >= 0.3 is 12.1 Å². The van der Waals surface area contributed by atoms with Crippen molar-refractivity contribution < 1.29 is 28.6 Å². The average Bonchev–Trinajstić information content (AvgIpc) is 3.54. The number of hydrogen-bond donors (Lipinski definition) is 1. The van der Waals surface area contributed by atoms with E-state index in [0.717, 1.165) is 11.1 Å². The highest BCUT2D eigenvalue weighted by Gasteiger charge is 2.41. The molecule has 2 atom stereocenters. The van der Waals surface area contributed by atoms with E-state index < -0.39 is 30.1 Å². The Morgan fingerprint density at radius 2 is 1.84 bits per heavy atom. The Balaban J connectivity index is 1.53. The van der Waals surface area contributed by atoms with E-state index in [1.807, 2.05) is 42.5 Å². The fourth-order valence-corrected chi connectivity index (χ4v) is 4.14. The SMILES string of the molecule is COCn1nnc(CC[C@H](NC(=O)OCc2ccccc2)C(=O)N2c3ccccc3C[C@H]2C(=O)OC)n1. The molecule has 4 rings (SSSR count). The third-order valence-corrected chi connectivity index (χ3v) is 5.89. The number of carbonyl (C=O) groups is 3. The molecule has 3 aromatic rings. The Bertz CT molecular complexity index is 1230. The lowest BCUT2D eigenvalue weighted by Crippen LogP contribution is -2.53. The molecule has 37 heavy (non-hydrogen) atoms. The Hall–Kier alpha value is -4.32. The van der Waals surface area contributed by atoms with Gasteiger partial charge in [0.15, 0.2) is 12.6 Å². The zero-order chi connectivity index (χ0) is 26.2. The number of aromatic nitrogens is 4. The first kappa shape index (κ1) is 25.8. The van der Waals surface area contributed by atoms with Crippen molar-refractivity contribution in [2.24, 2.45) is 0 Å². The van der Waals surface area contributed by atoms with Crippen molar-refractivity contribution >= 4 is 23.7 Å². The number of ether oxygens (including phenoxy) is 3. The summed E-state index contributed by atoms with van der Waals surface area (Å²) in [6.45, 7) is 0.169. The summed E-state index contributed by atoms with van der Waals surface area (Å²) in [7, 11) is 2.79. The van der Waals surface area contributed by atoms with Gasteiger partial charge in [0.05, 0.1) is 7.11 Å². The summed E-state index contributed by atoms with van der Waals surface area (Å²) in [6.07, 6.45) is -0.0745. The molecule has 0 fully saturated rings. The lowest BCUT2D eigenvalue weighted by Gasteiger charge is -2.28. The molecule has 0 bridgehead atoms. The highest BCUT2D eigenvalue weighted by molar-refractivity contribution is 6.05. The van der Waals surface area contributed by atoms with Crippen LogP contribution in [-0.2, 0) is 50.0 Å². The topological polar surface area (TPSA) is 138 Å². The average molecular weight is 509 g/mol. The first-order chi connectivity index (χ1) is 18.0. The van der Waals surface area contributed by atoms with Crippen LogP contribution in [0.4, 0.5) is 10.5 Å². The van der Waals surface area contributed by atoms with Gasteiger partial charge in [0, 0.05) is 25.6 Å². The number of tetrazole rings is 1. The molecule has 0 saturated carbocycles. The Kier molecular flexibility index (Phi) is 8.41. The summed E-state index contributed by atoms with van der Waals surface area (Å²) in [5.74, 6) is -0.638. The van der Waals surface area contributed by atoms with Crippen LogP contribution >= 0.6 is 0 Å². The Morgan fingerprint density at radius 1 is 1.08 bits per heavy atom. The van der Waals surface area contributed by atoms with Gasteiger partial charge in [0.2, 0.25) is 0 Å². The minimum Gasteiger partial charge on any atom is -0.467 e. The van der Waals surface area contributed by atoms with Crippen LogP contribution < -0.4 is 10.2 Å². The molecular weight excluding hydrogens is 480 g/mol. The van der Waals surface area contributed by atoms with Crippen molar-refractivity contribution in [2.45, 2.75) is 44.7 Å². The monoisotopic (exact) mass is 508 g/mol. The second kappa shape index (κ2) is 12.1. The summed E-state index contributed by atoms with van der Waals surface area (Å²) in [6, 6.07) is 14.6. The molecule has 0 radical (unpaired) electrons. The van der Waals surface area contributed by atoms with Gasteiger partial charge in [-0.25, -0.2) is 9.59 Å². The van der Waals surface area contributed by atoms with Gasteiger partial charge in [-0.05, 0) is 28.8 Å². The Morgan fingerprint density at radius 3 is 2.59 bits per heavy atom. The summed E-state index contributed by atoms with van der Waals surface area (Å²) in [5.41, 5.74) is 2.23. The number of anilines is 1. The summed E-state index contributed by atoms with van der Waals surface area (Å²) < 4.78 is 15.3. The van der Waals surface area contributed by atoms with Crippen molar-refractivity contribution in [3.8, 4) is 0 Å². The number of benzene rings is 2. The maximum absolute atomic E-state index is 13.8. The lowest BCUT2D eigenvalue weighted by atomic mass is 10.1. The van der Waals surface area contributed by atoms with E-state index in [2.05, 4.69) is 20.7 Å².